The van der Waals surface area contributed by atoms with Crippen LogP contribution in [0.4, 0.5) is 10.5 Å². The molecule has 29 heavy (non-hydrogen) atoms. The molecule has 1 aromatic rings. The van der Waals surface area contributed by atoms with Crippen molar-refractivity contribution in [3.63, 3.8) is 0 Å². The first kappa shape index (κ1) is 23.4. The first-order valence-electron chi connectivity index (χ1n) is 8.99. The molecular formula is C19H23N3O7. The predicted molar refractivity (Wildman–Crippen MR) is 103 cm³/mol. The van der Waals surface area contributed by atoms with Gasteiger partial charge in [0.2, 0.25) is 5.75 Å². The van der Waals surface area contributed by atoms with Gasteiger partial charge in [-0.3, -0.25) is 14.9 Å². The van der Waals surface area contributed by atoms with Crippen LogP contribution in [0.15, 0.2) is 17.7 Å². The van der Waals surface area contributed by atoms with E-state index in [4.69, 9.17) is 9.47 Å². The molecular weight excluding hydrogens is 382 g/mol. The maximum absolute atomic E-state index is 12.4. The summed E-state index contributed by atoms with van der Waals surface area (Å²) in [4.78, 5) is 36.0. The Bertz CT molecular complexity index is 854. The number of nitro groups is 1. The molecule has 0 spiro atoms. The monoisotopic (exact) mass is 405 g/mol. The molecule has 0 aliphatic rings. The van der Waals surface area contributed by atoms with Gasteiger partial charge in [0.1, 0.15) is 17.7 Å². The smallest absolute Gasteiger partial charge is 0.499 e. The van der Waals surface area contributed by atoms with E-state index in [9.17, 15) is 30.1 Å². The Balaban J connectivity index is 3.39. The van der Waals surface area contributed by atoms with Crippen LogP contribution < -0.4 is 4.74 Å². The summed E-state index contributed by atoms with van der Waals surface area (Å²) in [7, 11) is 0. The van der Waals surface area contributed by atoms with Gasteiger partial charge in [-0.15, -0.1) is 0 Å². The molecule has 1 atom stereocenters. The Hall–Kier alpha value is -3.61. The zero-order valence-corrected chi connectivity index (χ0v) is 16.7. The number of ether oxygens (including phenoxy) is 2. The van der Waals surface area contributed by atoms with Crippen molar-refractivity contribution in [2.45, 2.75) is 40.2 Å². The summed E-state index contributed by atoms with van der Waals surface area (Å²) in [6.45, 7) is 7.65. The zero-order chi connectivity index (χ0) is 22.1. The molecule has 0 aromatic heterocycles. The number of aromatic hydroxyl groups is 1. The first-order chi connectivity index (χ1) is 13.7. The molecule has 0 saturated heterocycles. The van der Waals surface area contributed by atoms with E-state index >= 15 is 0 Å². The summed E-state index contributed by atoms with van der Waals surface area (Å²) < 4.78 is 9.82. The molecule has 1 amide bonds. The molecule has 0 aliphatic heterocycles. The first-order valence-corrected chi connectivity index (χ1v) is 8.99. The van der Waals surface area contributed by atoms with Crippen molar-refractivity contribution < 1.29 is 29.1 Å². The molecule has 0 saturated carbocycles. The van der Waals surface area contributed by atoms with Crippen LogP contribution in [0.1, 0.15) is 39.7 Å². The Labute approximate surface area is 168 Å². The van der Waals surface area contributed by atoms with E-state index in [0.29, 0.717) is 19.5 Å². The van der Waals surface area contributed by atoms with Gasteiger partial charge in [0, 0.05) is 19.2 Å². The lowest BCUT2D eigenvalue weighted by Gasteiger charge is -2.17. The van der Waals surface area contributed by atoms with Crippen LogP contribution >= 0.6 is 0 Å². The van der Waals surface area contributed by atoms with Crippen LogP contribution in [-0.2, 0) is 9.53 Å². The van der Waals surface area contributed by atoms with Gasteiger partial charge in [-0.2, -0.15) is 5.26 Å². The number of nitrogens with zero attached hydrogens (tertiary/aromatic N) is 3. The third-order valence-corrected chi connectivity index (χ3v) is 4.05. The average Bonchev–Trinajstić information content (AvgIpc) is 2.68. The van der Waals surface area contributed by atoms with Crippen molar-refractivity contribution in [1.29, 1.82) is 5.26 Å². The summed E-state index contributed by atoms with van der Waals surface area (Å²) in [6.07, 6.45) is 0.0348. The lowest BCUT2D eigenvalue weighted by Crippen LogP contribution is -2.31. The molecule has 0 fully saturated rings. The predicted octanol–water partition coefficient (Wildman–Crippen LogP) is 3.39. The normalized spacial score (nSPS) is 11.9. The molecule has 0 aliphatic carbocycles. The van der Waals surface area contributed by atoms with Gasteiger partial charge in [-0.25, -0.2) is 4.79 Å². The molecule has 10 heteroatoms. The van der Waals surface area contributed by atoms with E-state index in [1.54, 1.807) is 33.8 Å². The SMILES string of the molecule is CCC(C)OC(=O)Oc1cc(/C=C(\C#N)C(=O)N(CC)CC)cc([N+](=O)[O-])c1O. The topological polar surface area (TPSA) is 143 Å². The van der Waals surface area contributed by atoms with Crippen LogP contribution in [0.2, 0.25) is 0 Å². The van der Waals surface area contributed by atoms with Gasteiger partial charge in [-0.1, -0.05) is 6.92 Å². The number of amides is 1. The van der Waals surface area contributed by atoms with E-state index in [-0.39, 0.29) is 11.1 Å². The van der Waals surface area contributed by atoms with Gasteiger partial charge in [0.15, 0.2) is 5.75 Å². The van der Waals surface area contributed by atoms with Crippen molar-refractivity contribution in [3.05, 3.63) is 33.4 Å². The minimum atomic E-state index is -1.15. The van der Waals surface area contributed by atoms with Crippen LogP contribution in [0.3, 0.4) is 0 Å². The summed E-state index contributed by atoms with van der Waals surface area (Å²) >= 11 is 0. The zero-order valence-electron chi connectivity index (χ0n) is 16.7. The van der Waals surface area contributed by atoms with Gasteiger partial charge < -0.3 is 19.5 Å². The summed E-state index contributed by atoms with van der Waals surface area (Å²) in [5, 5.41) is 30.6. The van der Waals surface area contributed by atoms with E-state index < -0.39 is 40.3 Å². The van der Waals surface area contributed by atoms with Gasteiger partial charge in [0.25, 0.3) is 5.91 Å². The number of carbonyl (C=O) groups excluding carboxylic acids is 2. The maximum atomic E-state index is 12.4. The van der Waals surface area contributed by atoms with Crippen molar-refractivity contribution in [1.82, 2.24) is 4.90 Å². The number of nitriles is 1. The highest BCUT2D eigenvalue weighted by atomic mass is 16.7. The van der Waals surface area contributed by atoms with Gasteiger partial charge >= 0.3 is 11.8 Å². The van der Waals surface area contributed by atoms with Crippen LogP contribution in [0.5, 0.6) is 11.5 Å². The number of likely N-dealkylation sites (N-methyl/N-ethyl adjacent to an activating group) is 1. The highest BCUT2D eigenvalue weighted by Gasteiger charge is 2.24. The number of phenolic OH excluding ortho intramolecular Hbond substituents is 1. The van der Waals surface area contributed by atoms with E-state index in [0.717, 1.165) is 18.2 Å². The van der Waals surface area contributed by atoms with Crippen LogP contribution in [0.25, 0.3) is 6.08 Å². The van der Waals surface area contributed by atoms with Crippen LogP contribution in [-0.4, -0.2) is 46.2 Å². The molecule has 1 aromatic carbocycles. The maximum Gasteiger partial charge on any atom is 0.514 e. The highest BCUT2D eigenvalue weighted by molar-refractivity contribution is 6.01. The van der Waals surface area contributed by atoms with E-state index in [1.165, 1.54) is 4.90 Å². The lowest BCUT2D eigenvalue weighted by molar-refractivity contribution is -0.385. The summed E-state index contributed by atoms with van der Waals surface area (Å²) in [6, 6.07) is 3.83. The molecule has 0 bridgehead atoms. The quantitative estimate of drug-likeness (QED) is 0.173. The number of hydrogen-bond donors (Lipinski definition) is 1. The number of hydrogen-bond acceptors (Lipinski definition) is 8. The second-order valence-corrected chi connectivity index (χ2v) is 5.98. The number of carbonyl (C=O) groups is 2. The Kier molecular flexibility index (Phi) is 8.61. The fourth-order valence-electron chi connectivity index (χ4n) is 2.27. The lowest BCUT2D eigenvalue weighted by atomic mass is 10.1. The number of rotatable bonds is 8. The van der Waals surface area contributed by atoms with Crippen molar-refractivity contribution >= 4 is 23.8 Å². The third kappa shape index (κ3) is 6.21. The molecule has 1 rings (SSSR count). The largest absolute Gasteiger partial charge is 0.514 e. The van der Waals surface area contributed by atoms with Crippen LogP contribution in [0, 0.1) is 21.4 Å². The summed E-state index contributed by atoms with van der Waals surface area (Å²) in [5.74, 6) is -1.94. The van der Waals surface area contributed by atoms with Crippen molar-refractivity contribution in [2.24, 2.45) is 0 Å². The summed E-state index contributed by atoms with van der Waals surface area (Å²) in [5.41, 5.74) is -0.989. The Morgan fingerprint density at radius 3 is 2.45 bits per heavy atom. The minimum Gasteiger partial charge on any atom is -0.499 e. The van der Waals surface area contributed by atoms with E-state index in [2.05, 4.69) is 0 Å². The molecule has 1 N–H and O–H groups in total. The molecule has 156 valence electrons. The van der Waals surface area contributed by atoms with E-state index in [1.807, 2.05) is 0 Å². The second-order valence-electron chi connectivity index (χ2n) is 5.98. The van der Waals surface area contributed by atoms with Crippen molar-refractivity contribution in [2.75, 3.05) is 13.1 Å². The van der Waals surface area contributed by atoms with Gasteiger partial charge in [0.05, 0.1) is 4.92 Å². The number of benzene rings is 1. The molecule has 0 radical (unpaired) electrons. The molecule has 10 nitrogen and oxygen atoms in total. The minimum absolute atomic E-state index is 0.0258. The fraction of sp³-hybridized carbons (Fsp3) is 0.421. The number of nitro benzene ring substituents is 1. The second kappa shape index (κ2) is 10.7. The third-order valence-electron chi connectivity index (χ3n) is 4.05. The van der Waals surface area contributed by atoms with Gasteiger partial charge in [-0.05, 0) is 44.9 Å². The average molecular weight is 405 g/mol. The standard InChI is InChI=1S/C19H23N3O7/c1-5-12(4)28-19(25)29-16-10-13(9-15(17(16)23)22(26)27)8-14(11-20)18(24)21(6-2)7-3/h8-10,12,23H,5-7H2,1-4H3/b14-8+. The Morgan fingerprint density at radius 2 is 1.97 bits per heavy atom. The number of phenols is 1. The van der Waals surface area contributed by atoms with Crippen molar-refractivity contribution in [3.8, 4) is 17.6 Å². The fourth-order valence-corrected chi connectivity index (χ4v) is 2.27. The highest BCUT2D eigenvalue weighted by Crippen LogP contribution is 2.38. The molecule has 0 heterocycles. The molecule has 1 unspecified atom stereocenters. The Morgan fingerprint density at radius 1 is 1.34 bits per heavy atom.